The van der Waals surface area contributed by atoms with Gasteiger partial charge in [-0.05, 0) is 36.6 Å². The largest absolute Gasteiger partial charge is 0.424 e. The van der Waals surface area contributed by atoms with Crippen molar-refractivity contribution < 1.29 is 14.3 Å². The van der Waals surface area contributed by atoms with Crippen LogP contribution >= 0.6 is 34.8 Å². The van der Waals surface area contributed by atoms with E-state index in [2.05, 4.69) is 0 Å². The van der Waals surface area contributed by atoms with Gasteiger partial charge in [-0.15, -0.1) is 0 Å². The van der Waals surface area contributed by atoms with E-state index in [1.165, 1.54) is 6.07 Å². The summed E-state index contributed by atoms with van der Waals surface area (Å²) >= 11 is 17.3. The Bertz CT molecular complexity index is 496. The molecule has 0 aromatic heterocycles. The predicted octanol–water partition coefficient (Wildman–Crippen LogP) is 4.47. The van der Waals surface area contributed by atoms with E-state index in [9.17, 15) is 9.59 Å². The van der Waals surface area contributed by atoms with Gasteiger partial charge in [-0.3, -0.25) is 9.59 Å². The minimum absolute atomic E-state index is 0.114. The van der Waals surface area contributed by atoms with E-state index >= 15 is 0 Å². The zero-order valence-corrected chi connectivity index (χ0v) is 12.8. The lowest BCUT2D eigenvalue weighted by Gasteiger charge is -2.24. The summed E-state index contributed by atoms with van der Waals surface area (Å²) in [5, 5.41) is -0.343. The summed E-state index contributed by atoms with van der Waals surface area (Å²) in [4.78, 5) is 23.7. The third-order valence-electron chi connectivity index (χ3n) is 3.09. The van der Waals surface area contributed by atoms with E-state index < -0.39 is 16.6 Å². The third kappa shape index (κ3) is 3.22. The number of esters is 1. The molecule has 0 spiro atoms. The number of ether oxygens (including phenoxy) is 1. The molecule has 0 N–H and O–H groups in total. The Hall–Kier alpha value is -0.770. The molecule has 3 nitrogen and oxygen atoms in total. The van der Waals surface area contributed by atoms with E-state index in [1.54, 1.807) is 26.0 Å². The van der Waals surface area contributed by atoms with Gasteiger partial charge in [-0.1, -0.05) is 43.1 Å². The van der Waals surface area contributed by atoms with Gasteiger partial charge in [-0.2, -0.15) is 0 Å². The van der Waals surface area contributed by atoms with Crippen LogP contribution in [0.4, 0.5) is 0 Å². The molecule has 1 rings (SSSR count). The summed E-state index contributed by atoms with van der Waals surface area (Å²) in [6, 6.07) is 4.67. The smallest absolute Gasteiger partial charge is 0.326 e. The van der Waals surface area contributed by atoms with Crippen LogP contribution in [0.15, 0.2) is 18.2 Å². The van der Waals surface area contributed by atoms with Crippen molar-refractivity contribution in [2.24, 2.45) is 5.41 Å². The van der Waals surface area contributed by atoms with Crippen molar-refractivity contribution in [2.45, 2.75) is 26.7 Å². The lowest BCUT2D eigenvalue weighted by atomic mass is 9.84. The average molecular weight is 324 g/mol. The fraction of sp³-hybridized carbons (Fsp3) is 0.385. The minimum atomic E-state index is -1.35. The maximum absolute atomic E-state index is 12.2. The topological polar surface area (TPSA) is 43.4 Å². The molecule has 0 aliphatic heterocycles. The SMILES string of the molecule is CCC(CC)(C(=O)Cl)C(=O)Oc1cccc(Cl)c1Cl. The second-order valence-electron chi connectivity index (χ2n) is 4.00. The van der Waals surface area contributed by atoms with Gasteiger partial charge in [-0.25, -0.2) is 0 Å². The van der Waals surface area contributed by atoms with Crippen LogP contribution in [0, 0.1) is 5.41 Å². The first-order valence-electron chi connectivity index (χ1n) is 5.75. The summed E-state index contributed by atoms with van der Waals surface area (Å²) in [5.41, 5.74) is -1.35. The molecule has 0 saturated carbocycles. The van der Waals surface area contributed by atoms with Crippen LogP contribution in [0.1, 0.15) is 26.7 Å². The molecule has 0 fully saturated rings. The van der Waals surface area contributed by atoms with Crippen molar-refractivity contribution in [2.75, 3.05) is 0 Å². The van der Waals surface area contributed by atoms with Gasteiger partial charge in [0, 0.05) is 0 Å². The Morgan fingerprint density at radius 2 is 1.79 bits per heavy atom. The van der Waals surface area contributed by atoms with Gasteiger partial charge < -0.3 is 4.74 Å². The van der Waals surface area contributed by atoms with Crippen molar-refractivity contribution in [3.63, 3.8) is 0 Å². The van der Waals surface area contributed by atoms with E-state index in [1.807, 2.05) is 0 Å². The second-order valence-corrected chi connectivity index (χ2v) is 5.13. The summed E-state index contributed by atoms with van der Waals surface area (Å²) < 4.78 is 5.17. The lowest BCUT2D eigenvalue weighted by Crippen LogP contribution is -2.39. The van der Waals surface area contributed by atoms with Crippen molar-refractivity contribution >= 4 is 46.0 Å². The molecule has 6 heteroatoms. The Kier molecular flexibility index (Phi) is 5.65. The van der Waals surface area contributed by atoms with Gasteiger partial charge in [0.25, 0.3) is 0 Å². The molecule has 0 bridgehead atoms. The molecule has 0 saturated heterocycles. The van der Waals surface area contributed by atoms with Crippen molar-refractivity contribution in [1.82, 2.24) is 0 Å². The number of benzene rings is 1. The fourth-order valence-electron chi connectivity index (χ4n) is 1.66. The zero-order chi connectivity index (χ0) is 14.6. The van der Waals surface area contributed by atoms with Crippen molar-refractivity contribution in [1.29, 1.82) is 0 Å². The summed E-state index contributed by atoms with van der Waals surface area (Å²) in [6.45, 7) is 3.40. The third-order valence-corrected chi connectivity index (χ3v) is 4.26. The maximum Gasteiger partial charge on any atom is 0.326 e. The highest BCUT2D eigenvalue weighted by molar-refractivity contribution is 6.66. The fourth-order valence-corrected chi connectivity index (χ4v) is 2.33. The van der Waals surface area contributed by atoms with Crippen LogP contribution in [0.5, 0.6) is 5.75 Å². The van der Waals surface area contributed by atoms with Gasteiger partial charge in [0.1, 0.15) is 10.4 Å². The van der Waals surface area contributed by atoms with Gasteiger partial charge in [0.2, 0.25) is 5.24 Å². The second kappa shape index (κ2) is 6.60. The molecule has 0 aliphatic rings. The number of carbonyl (C=O) groups excluding carboxylic acids is 2. The molecule has 0 unspecified atom stereocenters. The quantitative estimate of drug-likeness (QED) is 0.347. The molecule has 0 amide bonds. The monoisotopic (exact) mass is 322 g/mol. The Balaban J connectivity index is 3.07. The van der Waals surface area contributed by atoms with E-state index in [-0.39, 0.29) is 28.6 Å². The highest BCUT2D eigenvalue weighted by Crippen LogP contribution is 2.36. The molecule has 19 heavy (non-hydrogen) atoms. The van der Waals surface area contributed by atoms with Crippen LogP contribution < -0.4 is 4.74 Å². The van der Waals surface area contributed by atoms with Gasteiger partial charge >= 0.3 is 5.97 Å². The van der Waals surface area contributed by atoms with E-state index in [0.717, 1.165) is 0 Å². The first-order chi connectivity index (χ1) is 8.89. The van der Waals surface area contributed by atoms with Crippen LogP contribution in [0.2, 0.25) is 10.0 Å². The molecule has 1 aromatic carbocycles. The Labute approximate surface area is 126 Å². The molecule has 0 aliphatic carbocycles. The first-order valence-corrected chi connectivity index (χ1v) is 6.88. The number of rotatable bonds is 5. The molecular formula is C13H13Cl3O3. The van der Waals surface area contributed by atoms with Gasteiger partial charge in [0.05, 0.1) is 5.02 Å². The maximum atomic E-state index is 12.2. The predicted molar refractivity (Wildman–Crippen MR) is 76.0 cm³/mol. The normalized spacial score (nSPS) is 11.2. The van der Waals surface area contributed by atoms with Crippen LogP contribution in [-0.4, -0.2) is 11.2 Å². The minimum Gasteiger partial charge on any atom is -0.424 e. The van der Waals surface area contributed by atoms with Crippen molar-refractivity contribution in [3.05, 3.63) is 28.2 Å². The average Bonchev–Trinajstić information content (AvgIpc) is 2.36. The number of halogens is 3. The highest BCUT2D eigenvalue weighted by Gasteiger charge is 2.43. The lowest BCUT2D eigenvalue weighted by molar-refractivity contribution is -0.150. The number of hydrogen-bond acceptors (Lipinski definition) is 3. The first kappa shape index (κ1) is 16.3. The van der Waals surface area contributed by atoms with Crippen LogP contribution in [0.3, 0.4) is 0 Å². The summed E-state index contributed by atoms with van der Waals surface area (Å²) in [6.07, 6.45) is 0.506. The number of hydrogen-bond donors (Lipinski definition) is 0. The molecular weight excluding hydrogens is 310 g/mol. The highest BCUT2D eigenvalue weighted by atomic mass is 35.5. The van der Waals surface area contributed by atoms with Crippen LogP contribution in [0.25, 0.3) is 0 Å². The Morgan fingerprint density at radius 1 is 1.21 bits per heavy atom. The van der Waals surface area contributed by atoms with Crippen LogP contribution in [-0.2, 0) is 9.59 Å². The Morgan fingerprint density at radius 3 is 2.26 bits per heavy atom. The van der Waals surface area contributed by atoms with E-state index in [0.29, 0.717) is 0 Å². The molecule has 0 heterocycles. The summed E-state index contributed by atoms with van der Waals surface area (Å²) in [5.74, 6) is -0.606. The van der Waals surface area contributed by atoms with Crippen molar-refractivity contribution in [3.8, 4) is 5.75 Å². The van der Waals surface area contributed by atoms with Gasteiger partial charge in [0.15, 0.2) is 5.75 Å². The molecule has 0 radical (unpaired) electrons. The van der Waals surface area contributed by atoms with E-state index in [4.69, 9.17) is 39.5 Å². The molecule has 0 atom stereocenters. The standard InChI is InChI=1S/C13H13Cl3O3/c1-3-13(4-2,11(16)17)12(18)19-9-7-5-6-8(14)10(9)15/h5-7H,3-4H2,1-2H3. The molecule has 1 aromatic rings. The zero-order valence-electron chi connectivity index (χ0n) is 10.5. The number of carbonyl (C=O) groups is 2. The molecule has 104 valence electrons. The summed E-state index contributed by atoms with van der Waals surface area (Å²) in [7, 11) is 0.